The van der Waals surface area contributed by atoms with Gasteiger partial charge >= 0.3 is 6.03 Å². The Kier molecular flexibility index (Phi) is 3.90. The molecule has 0 saturated carbocycles. The third-order valence-corrected chi connectivity index (χ3v) is 3.91. The van der Waals surface area contributed by atoms with Gasteiger partial charge in [-0.25, -0.2) is 4.79 Å². The zero-order valence-corrected chi connectivity index (χ0v) is 11.3. The van der Waals surface area contributed by atoms with Crippen molar-refractivity contribution in [1.29, 1.82) is 0 Å². The lowest BCUT2D eigenvalue weighted by Gasteiger charge is -2.31. The number of nitrogens with zero attached hydrogens (tertiary/aromatic N) is 1. The van der Waals surface area contributed by atoms with Crippen LogP contribution in [0.4, 0.5) is 4.79 Å². The normalized spacial score (nSPS) is 29.8. The highest BCUT2D eigenvalue weighted by Crippen LogP contribution is 2.26. The number of carbonyl (C=O) groups excluding carboxylic acids is 2. The molecule has 18 heavy (non-hydrogen) atoms. The number of imide groups is 1. The van der Waals surface area contributed by atoms with Gasteiger partial charge in [0.1, 0.15) is 5.54 Å². The summed E-state index contributed by atoms with van der Waals surface area (Å²) in [6, 6.07) is -0.216. The molecular formula is C13H23N3O2. The molecule has 0 aliphatic carbocycles. The van der Waals surface area contributed by atoms with Gasteiger partial charge in [-0.1, -0.05) is 20.3 Å². The van der Waals surface area contributed by atoms with Crippen LogP contribution in [0, 0.1) is 5.92 Å². The van der Waals surface area contributed by atoms with Crippen molar-refractivity contribution < 1.29 is 9.59 Å². The predicted molar refractivity (Wildman–Crippen MR) is 69.2 cm³/mol. The van der Waals surface area contributed by atoms with Crippen LogP contribution >= 0.6 is 0 Å². The quantitative estimate of drug-likeness (QED) is 0.737. The Morgan fingerprint density at radius 2 is 2.22 bits per heavy atom. The molecular weight excluding hydrogens is 230 g/mol. The molecule has 5 heteroatoms. The molecule has 2 heterocycles. The van der Waals surface area contributed by atoms with Crippen LogP contribution in [0.2, 0.25) is 0 Å². The van der Waals surface area contributed by atoms with E-state index >= 15 is 0 Å². The van der Waals surface area contributed by atoms with Gasteiger partial charge in [-0.3, -0.25) is 9.69 Å². The molecule has 1 spiro atoms. The van der Waals surface area contributed by atoms with Crippen molar-refractivity contribution >= 4 is 11.9 Å². The molecule has 0 aromatic carbocycles. The first-order valence-electron chi connectivity index (χ1n) is 6.94. The fourth-order valence-electron chi connectivity index (χ4n) is 2.93. The van der Waals surface area contributed by atoms with Crippen LogP contribution in [-0.4, -0.2) is 42.0 Å². The summed E-state index contributed by atoms with van der Waals surface area (Å²) in [7, 11) is 0. The van der Waals surface area contributed by atoms with Crippen molar-refractivity contribution in [3.05, 3.63) is 0 Å². The van der Waals surface area contributed by atoms with Crippen molar-refractivity contribution in [3.8, 4) is 0 Å². The molecule has 2 saturated heterocycles. The van der Waals surface area contributed by atoms with E-state index in [0.717, 1.165) is 32.2 Å². The standard InChI is InChI=1S/C13H23N3O2/c1-3-5-10(2)8-16-11(17)13(15-12(16)18)6-4-7-14-9-13/h10,14H,3-9H2,1-2H3,(H,15,18). The molecule has 2 aliphatic heterocycles. The first kappa shape index (κ1) is 13.3. The highest BCUT2D eigenvalue weighted by Gasteiger charge is 2.51. The van der Waals surface area contributed by atoms with Gasteiger partial charge in [0.15, 0.2) is 0 Å². The van der Waals surface area contributed by atoms with E-state index in [4.69, 9.17) is 0 Å². The number of carbonyl (C=O) groups is 2. The van der Waals surface area contributed by atoms with E-state index in [9.17, 15) is 9.59 Å². The first-order valence-corrected chi connectivity index (χ1v) is 6.94. The van der Waals surface area contributed by atoms with Crippen LogP contribution in [0.5, 0.6) is 0 Å². The van der Waals surface area contributed by atoms with E-state index < -0.39 is 5.54 Å². The largest absolute Gasteiger partial charge is 0.325 e. The molecule has 2 N–H and O–H groups in total. The lowest BCUT2D eigenvalue weighted by Crippen LogP contribution is -2.57. The van der Waals surface area contributed by atoms with Crippen LogP contribution in [-0.2, 0) is 4.79 Å². The summed E-state index contributed by atoms with van der Waals surface area (Å²) in [5, 5.41) is 6.10. The fraction of sp³-hybridized carbons (Fsp3) is 0.846. The third-order valence-electron chi connectivity index (χ3n) is 3.91. The van der Waals surface area contributed by atoms with Crippen molar-refractivity contribution in [2.75, 3.05) is 19.6 Å². The highest BCUT2D eigenvalue weighted by molar-refractivity contribution is 6.07. The van der Waals surface area contributed by atoms with E-state index in [1.54, 1.807) is 0 Å². The Morgan fingerprint density at radius 3 is 2.83 bits per heavy atom. The van der Waals surface area contributed by atoms with Gasteiger partial charge in [0.05, 0.1) is 0 Å². The summed E-state index contributed by atoms with van der Waals surface area (Å²) >= 11 is 0. The minimum Gasteiger partial charge on any atom is -0.322 e. The second-order valence-corrected chi connectivity index (χ2v) is 5.60. The molecule has 2 rings (SSSR count). The number of piperidine rings is 1. The van der Waals surface area contributed by atoms with Gasteiger partial charge in [0.2, 0.25) is 0 Å². The maximum absolute atomic E-state index is 12.4. The van der Waals surface area contributed by atoms with E-state index in [1.807, 2.05) is 0 Å². The Morgan fingerprint density at radius 1 is 1.44 bits per heavy atom. The van der Waals surface area contributed by atoms with E-state index in [-0.39, 0.29) is 11.9 Å². The van der Waals surface area contributed by atoms with Crippen LogP contribution in [0.3, 0.4) is 0 Å². The summed E-state index contributed by atoms with van der Waals surface area (Å²) in [6.07, 6.45) is 3.81. The van der Waals surface area contributed by atoms with Gasteiger partial charge in [-0.2, -0.15) is 0 Å². The summed E-state index contributed by atoms with van der Waals surface area (Å²) in [5.41, 5.74) is -0.665. The Balaban J connectivity index is 2.04. The maximum atomic E-state index is 12.4. The summed E-state index contributed by atoms with van der Waals surface area (Å²) in [4.78, 5) is 25.8. The molecule has 3 amide bonds. The molecule has 0 aromatic heterocycles. The van der Waals surface area contributed by atoms with E-state index in [2.05, 4.69) is 24.5 Å². The number of urea groups is 1. The monoisotopic (exact) mass is 253 g/mol. The van der Waals surface area contributed by atoms with Gasteiger partial charge < -0.3 is 10.6 Å². The summed E-state index contributed by atoms with van der Waals surface area (Å²) in [5.74, 6) is 0.332. The second-order valence-electron chi connectivity index (χ2n) is 5.60. The highest BCUT2D eigenvalue weighted by atomic mass is 16.2. The van der Waals surface area contributed by atoms with Gasteiger partial charge in [0, 0.05) is 13.1 Å². The fourth-order valence-corrected chi connectivity index (χ4v) is 2.93. The lowest BCUT2D eigenvalue weighted by atomic mass is 9.90. The van der Waals surface area contributed by atoms with E-state index in [1.165, 1.54) is 4.90 Å². The average Bonchev–Trinajstić information content (AvgIpc) is 2.55. The molecule has 2 fully saturated rings. The zero-order chi connectivity index (χ0) is 13.2. The molecule has 5 nitrogen and oxygen atoms in total. The lowest BCUT2D eigenvalue weighted by molar-refractivity contribution is -0.132. The summed E-state index contributed by atoms with van der Waals surface area (Å²) < 4.78 is 0. The maximum Gasteiger partial charge on any atom is 0.325 e. The van der Waals surface area contributed by atoms with E-state index in [0.29, 0.717) is 19.0 Å². The number of hydrogen-bond donors (Lipinski definition) is 2. The topological polar surface area (TPSA) is 61.4 Å². The Bertz CT molecular complexity index is 337. The number of amides is 3. The van der Waals surface area contributed by atoms with Crippen LogP contribution in [0.1, 0.15) is 39.5 Å². The predicted octanol–water partition coefficient (Wildman–Crippen LogP) is 1.10. The SMILES string of the molecule is CCCC(C)CN1C(=O)NC2(CCCNC2)C1=O. The van der Waals surface area contributed by atoms with Crippen molar-refractivity contribution in [2.45, 2.75) is 45.1 Å². The number of hydrogen-bond acceptors (Lipinski definition) is 3. The molecule has 2 atom stereocenters. The van der Waals surface area contributed by atoms with Crippen LogP contribution in [0.15, 0.2) is 0 Å². The second kappa shape index (κ2) is 5.26. The van der Waals surface area contributed by atoms with Gasteiger partial charge in [0.25, 0.3) is 5.91 Å². The van der Waals surface area contributed by atoms with Crippen molar-refractivity contribution in [3.63, 3.8) is 0 Å². The first-order chi connectivity index (χ1) is 8.59. The number of nitrogens with one attached hydrogen (secondary N) is 2. The number of rotatable bonds is 4. The average molecular weight is 253 g/mol. The zero-order valence-electron chi connectivity index (χ0n) is 11.3. The molecule has 102 valence electrons. The van der Waals surface area contributed by atoms with Crippen molar-refractivity contribution in [1.82, 2.24) is 15.5 Å². The molecule has 0 aromatic rings. The molecule has 2 unspecified atom stereocenters. The smallest absolute Gasteiger partial charge is 0.322 e. The third kappa shape index (κ3) is 2.36. The van der Waals surface area contributed by atoms with Gasteiger partial charge in [-0.05, 0) is 31.7 Å². The molecule has 0 bridgehead atoms. The Hall–Kier alpha value is -1.10. The van der Waals surface area contributed by atoms with Crippen LogP contribution < -0.4 is 10.6 Å². The summed E-state index contributed by atoms with van der Waals surface area (Å²) in [6.45, 7) is 6.25. The van der Waals surface area contributed by atoms with Crippen LogP contribution in [0.25, 0.3) is 0 Å². The van der Waals surface area contributed by atoms with Gasteiger partial charge in [-0.15, -0.1) is 0 Å². The molecule has 2 aliphatic rings. The minimum absolute atomic E-state index is 0.0392. The molecule has 0 radical (unpaired) electrons. The minimum atomic E-state index is -0.665. The van der Waals surface area contributed by atoms with Crippen molar-refractivity contribution in [2.24, 2.45) is 5.92 Å². The Labute approximate surface area is 108 Å².